The van der Waals surface area contributed by atoms with Crippen molar-refractivity contribution in [2.45, 2.75) is 19.4 Å². The number of fused-ring (bicyclic) bond motifs is 4. The third kappa shape index (κ3) is 4.20. The Labute approximate surface area is 212 Å². The van der Waals surface area contributed by atoms with Gasteiger partial charge in [0.2, 0.25) is 5.88 Å². The summed E-state index contributed by atoms with van der Waals surface area (Å²) in [4.78, 5) is 14.8. The van der Waals surface area contributed by atoms with Crippen LogP contribution in [-0.2, 0) is 11.4 Å². The van der Waals surface area contributed by atoms with Crippen molar-refractivity contribution in [3.63, 3.8) is 0 Å². The Morgan fingerprint density at radius 3 is 2.68 bits per heavy atom. The molecule has 6 rings (SSSR count). The van der Waals surface area contributed by atoms with Crippen LogP contribution in [0.15, 0.2) is 84.3 Å². The van der Waals surface area contributed by atoms with E-state index in [0.717, 1.165) is 33.7 Å². The largest absolute Gasteiger partial charge is 0.508 e. The van der Waals surface area contributed by atoms with E-state index in [2.05, 4.69) is 15.2 Å². The molecule has 0 saturated carbocycles. The van der Waals surface area contributed by atoms with Gasteiger partial charge in [-0.25, -0.2) is 14.5 Å². The molecule has 1 N–H and O–H groups in total. The Morgan fingerprint density at radius 1 is 1.08 bits per heavy atom. The normalized spacial score (nSPS) is 14.5. The van der Waals surface area contributed by atoms with Gasteiger partial charge in [-0.2, -0.15) is 0 Å². The number of nitrogens with zero attached hydrogens (tertiary/aromatic N) is 5. The Balaban J connectivity index is 1.39. The van der Waals surface area contributed by atoms with E-state index in [9.17, 15) is 5.11 Å². The third-order valence-electron chi connectivity index (χ3n) is 6.27. The van der Waals surface area contributed by atoms with E-state index in [0.29, 0.717) is 23.1 Å². The lowest BCUT2D eigenvalue weighted by molar-refractivity contribution is 0.125. The maximum atomic E-state index is 10.1. The highest BCUT2D eigenvalue weighted by Gasteiger charge is 2.33. The maximum Gasteiger partial charge on any atom is 0.228 e. The van der Waals surface area contributed by atoms with Crippen molar-refractivity contribution in [2.24, 2.45) is 5.16 Å². The van der Waals surface area contributed by atoms with Crippen LogP contribution >= 0.6 is 0 Å². The summed E-state index contributed by atoms with van der Waals surface area (Å²) in [5.41, 5.74) is 5.00. The molecule has 37 heavy (non-hydrogen) atoms. The molecule has 2 aromatic heterocycles. The standard InChI is InChI=1S/C28H23N5O4/c1-17(18-6-4-3-5-7-18)32-36-15-24-30-27-26-25(19-8-11-21(35-2)12-9-19)22-13-10-20(34)14-23(22)37-28(26)29-16-33(27)31-24/h3-14,16,25,34H,15H2,1-2H3/b32-17+/t25-/m1/s1. The molecule has 1 aliphatic heterocycles. The minimum Gasteiger partial charge on any atom is -0.508 e. The summed E-state index contributed by atoms with van der Waals surface area (Å²) >= 11 is 0. The minimum absolute atomic E-state index is 0.0964. The zero-order valence-corrected chi connectivity index (χ0v) is 20.2. The maximum absolute atomic E-state index is 10.1. The average Bonchev–Trinajstić information content (AvgIpc) is 3.35. The van der Waals surface area contributed by atoms with Crippen LogP contribution in [0, 0.1) is 0 Å². The summed E-state index contributed by atoms with van der Waals surface area (Å²) in [6.45, 7) is 1.98. The molecule has 0 bridgehead atoms. The molecular formula is C28H23N5O4. The number of rotatable bonds is 6. The Bertz CT molecular complexity index is 1610. The van der Waals surface area contributed by atoms with Crippen LogP contribution in [0.5, 0.6) is 23.1 Å². The van der Waals surface area contributed by atoms with Crippen LogP contribution in [0.25, 0.3) is 5.65 Å². The van der Waals surface area contributed by atoms with E-state index < -0.39 is 0 Å². The van der Waals surface area contributed by atoms with Gasteiger partial charge in [0.05, 0.1) is 18.4 Å². The first-order valence-corrected chi connectivity index (χ1v) is 11.7. The van der Waals surface area contributed by atoms with Gasteiger partial charge in [0, 0.05) is 17.5 Å². The first-order valence-electron chi connectivity index (χ1n) is 11.7. The van der Waals surface area contributed by atoms with Crippen LogP contribution < -0.4 is 9.47 Å². The Morgan fingerprint density at radius 2 is 1.89 bits per heavy atom. The number of methoxy groups -OCH3 is 1. The number of aromatic hydroxyl groups is 1. The fraction of sp³-hybridized carbons (Fsp3) is 0.143. The zero-order chi connectivity index (χ0) is 25.4. The van der Waals surface area contributed by atoms with E-state index in [4.69, 9.17) is 19.3 Å². The summed E-state index contributed by atoms with van der Waals surface area (Å²) in [5.74, 6) is 2.03. The van der Waals surface area contributed by atoms with E-state index in [1.54, 1.807) is 30.1 Å². The summed E-state index contributed by atoms with van der Waals surface area (Å²) in [6, 6.07) is 22.7. The van der Waals surface area contributed by atoms with Crippen molar-refractivity contribution in [1.29, 1.82) is 0 Å². The number of benzene rings is 3. The smallest absolute Gasteiger partial charge is 0.228 e. The van der Waals surface area contributed by atoms with Gasteiger partial charge >= 0.3 is 0 Å². The second-order valence-electron chi connectivity index (χ2n) is 8.61. The number of ether oxygens (including phenoxy) is 2. The van der Waals surface area contributed by atoms with Crippen molar-refractivity contribution in [2.75, 3.05) is 7.11 Å². The number of hydrogen-bond donors (Lipinski definition) is 1. The lowest BCUT2D eigenvalue weighted by Gasteiger charge is -2.28. The van der Waals surface area contributed by atoms with Gasteiger partial charge in [0.1, 0.15) is 23.6 Å². The van der Waals surface area contributed by atoms with Gasteiger partial charge in [0.25, 0.3) is 0 Å². The number of phenolic OH excluding ortho intramolecular Hbond substituents is 1. The lowest BCUT2D eigenvalue weighted by atomic mass is 9.84. The molecule has 3 aromatic carbocycles. The third-order valence-corrected chi connectivity index (χ3v) is 6.27. The predicted octanol–water partition coefficient (Wildman–Crippen LogP) is 5.07. The fourth-order valence-corrected chi connectivity index (χ4v) is 4.47. The molecule has 0 aliphatic carbocycles. The molecule has 3 heterocycles. The first-order chi connectivity index (χ1) is 18.1. The molecule has 9 nitrogen and oxygen atoms in total. The van der Waals surface area contributed by atoms with Crippen LogP contribution in [0.1, 0.15) is 40.9 Å². The Kier molecular flexibility index (Phi) is 5.65. The second-order valence-corrected chi connectivity index (χ2v) is 8.61. The molecule has 0 spiro atoms. The van der Waals surface area contributed by atoms with E-state index in [1.165, 1.54) is 0 Å². The quantitative estimate of drug-likeness (QED) is 0.255. The van der Waals surface area contributed by atoms with Gasteiger partial charge in [-0.1, -0.05) is 53.7 Å². The second kappa shape index (κ2) is 9.27. The molecular weight excluding hydrogens is 470 g/mol. The molecule has 0 fully saturated rings. The number of oxime groups is 1. The van der Waals surface area contributed by atoms with Gasteiger partial charge in [-0.3, -0.25) is 0 Å². The highest BCUT2D eigenvalue weighted by molar-refractivity contribution is 5.98. The lowest BCUT2D eigenvalue weighted by Crippen LogP contribution is -2.15. The van der Waals surface area contributed by atoms with Crippen molar-refractivity contribution in [3.05, 3.63) is 107 Å². The summed E-state index contributed by atoms with van der Waals surface area (Å²) < 4.78 is 13.1. The van der Waals surface area contributed by atoms with Gasteiger partial charge in [-0.05, 0) is 36.2 Å². The van der Waals surface area contributed by atoms with E-state index in [-0.39, 0.29) is 18.3 Å². The van der Waals surface area contributed by atoms with Crippen LogP contribution in [-0.4, -0.2) is 37.5 Å². The minimum atomic E-state index is -0.252. The summed E-state index contributed by atoms with van der Waals surface area (Å²) in [7, 11) is 1.63. The van der Waals surface area contributed by atoms with Crippen molar-refractivity contribution in [3.8, 4) is 23.1 Å². The number of hydrogen-bond acceptors (Lipinski definition) is 8. The predicted molar refractivity (Wildman–Crippen MR) is 136 cm³/mol. The molecule has 0 radical (unpaired) electrons. The van der Waals surface area contributed by atoms with Gasteiger partial charge < -0.3 is 19.4 Å². The van der Waals surface area contributed by atoms with Gasteiger partial charge in [0.15, 0.2) is 18.1 Å². The number of phenols is 1. The molecule has 0 amide bonds. The monoisotopic (exact) mass is 493 g/mol. The number of aromatic nitrogens is 4. The molecule has 184 valence electrons. The topological polar surface area (TPSA) is 103 Å². The first kappa shape index (κ1) is 22.5. The Hall–Kier alpha value is -4.92. The van der Waals surface area contributed by atoms with Crippen molar-refractivity contribution < 1.29 is 19.4 Å². The van der Waals surface area contributed by atoms with Crippen LogP contribution in [0.2, 0.25) is 0 Å². The average molecular weight is 494 g/mol. The van der Waals surface area contributed by atoms with Crippen LogP contribution in [0.4, 0.5) is 0 Å². The molecule has 9 heteroatoms. The zero-order valence-electron chi connectivity index (χ0n) is 20.2. The van der Waals surface area contributed by atoms with E-state index >= 15 is 0 Å². The van der Waals surface area contributed by atoms with Gasteiger partial charge in [-0.15, -0.1) is 5.10 Å². The highest BCUT2D eigenvalue weighted by atomic mass is 16.6. The SMILES string of the molecule is COc1ccc([C@@H]2c3ccc(O)cc3Oc3ncn4nc(CO/N=C(\C)c5ccccc5)nc4c32)cc1. The molecule has 0 unspecified atom stereocenters. The van der Waals surface area contributed by atoms with Crippen molar-refractivity contribution in [1.82, 2.24) is 19.6 Å². The highest BCUT2D eigenvalue weighted by Crippen LogP contribution is 2.48. The molecule has 5 aromatic rings. The fourth-order valence-electron chi connectivity index (χ4n) is 4.47. The molecule has 1 atom stereocenters. The molecule has 0 saturated heterocycles. The van der Waals surface area contributed by atoms with Crippen LogP contribution in [0.3, 0.4) is 0 Å². The molecule has 1 aliphatic rings. The van der Waals surface area contributed by atoms with Crippen molar-refractivity contribution >= 4 is 11.4 Å². The summed E-state index contributed by atoms with van der Waals surface area (Å²) in [6.07, 6.45) is 1.56. The van der Waals surface area contributed by atoms with E-state index in [1.807, 2.05) is 67.6 Å². The summed E-state index contributed by atoms with van der Waals surface area (Å²) in [5, 5.41) is 18.8.